The summed E-state index contributed by atoms with van der Waals surface area (Å²) in [7, 11) is 0. The second-order valence-corrected chi connectivity index (χ2v) is 5.29. The normalized spacial score (nSPS) is 18.9. The van der Waals surface area contributed by atoms with Gasteiger partial charge in [0.05, 0.1) is 0 Å². The fourth-order valence-corrected chi connectivity index (χ4v) is 3.04. The molecule has 0 radical (unpaired) electrons. The van der Waals surface area contributed by atoms with E-state index in [1.54, 1.807) is 0 Å². The summed E-state index contributed by atoms with van der Waals surface area (Å²) in [5.41, 5.74) is 4.02. The first-order chi connectivity index (χ1) is 8.38. The molecule has 0 spiro atoms. The first-order valence-electron chi connectivity index (χ1n) is 6.68. The van der Waals surface area contributed by atoms with Gasteiger partial charge in [-0.05, 0) is 36.3 Å². The van der Waals surface area contributed by atoms with Crippen LogP contribution < -0.4 is 4.90 Å². The second-order valence-electron chi connectivity index (χ2n) is 5.29. The highest BCUT2D eigenvalue weighted by molar-refractivity contribution is 5.69. The Kier molecular flexibility index (Phi) is 2.87. The smallest absolute Gasteiger partial charge is 0.124 e. The Morgan fingerprint density at radius 1 is 1.35 bits per heavy atom. The third kappa shape index (κ3) is 1.97. The Hall–Kier alpha value is -1.31. The third-order valence-electron chi connectivity index (χ3n) is 4.18. The van der Waals surface area contributed by atoms with Gasteiger partial charge in [0.15, 0.2) is 0 Å². The van der Waals surface area contributed by atoms with E-state index >= 15 is 0 Å². The topological polar surface area (TPSA) is 20.3 Å². The minimum atomic E-state index is 0.560. The van der Waals surface area contributed by atoms with Crippen molar-refractivity contribution in [3.63, 3.8) is 0 Å². The molecular weight excluding hydrogens is 210 g/mol. The minimum Gasteiger partial charge on any atom is -0.370 e. The molecule has 1 aliphatic heterocycles. The molecule has 0 amide bonds. The molecule has 1 aromatic rings. The van der Waals surface area contributed by atoms with Crippen molar-refractivity contribution < 1.29 is 4.79 Å². The average Bonchev–Trinajstić information content (AvgIpc) is 2.68. The lowest BCUT2D eigenvalue weighted by atomic mass is 9.85. The van der Waals surface area contributed by atoms with Gasteiger partial charge in [0.1, 0.15) is 6.29 Å². The van der Waals surface area contributed by atoms with Crippen molar-refractivity contribution in [2.24, 2.45) is 5.92 Å². The maximum Gasteiger partial charge on any atom is 0.124 e. The van der Waals surface area contributed by atoms with E-state index in [1.807, 2.05) is 0 Å². The number of benzene rings is 1. The number of fused-ring (bicyclic) bond motifs is 1. The molecule has 1 saturated carbocycles. The van der Waals surface area contributed by atoms with Crippen LogP contribution in [0.5, 0.6) is 0 Å². The van der Waals surface area contributed by atoms with Crippen LogP contribution in [-0.2, 0) is 17.6 Å². The maximum atomic E-state index is 10.8. The number of carbonyl (C=O) groups excluding carboxylic acids is 1. The summed E-state index contributed by atoms with van der Waals surface area (Å²) < 4.78 is 0. The Morgan fingerprint density at radius 2 is 2.24 bits per heavy atom. The van der Waals surface area contributed by atoms with Crippen LogP contribution in [0.25, 0.3) is 0 Å². The van der Waals surface area contributed by atoms with Crippen LogP contribution in [0.1, 0.15) is 30.4 Å². The number of aldehydes is 1. The highest BCUT2D eigenvalue weighted by Crippen LogP contribution is 2.35. The van der Waals surface area contributed by atoms with E-state index in [-0.39, 0.29) is 0 Å². The van der Waals surface area contributed by atoms with Crippen LogP contribution >= 0.6 is 0 Å². The summed E-state index contributed by atoms with van der Waals surface area (Å²) in [5.74, 6) is 0.894. The number of anilines is 1. The van der Waals surface area contributed by atoms with Gasteiger partial charge in [-0.2, -0.15) is 0 Å². The molecule has 1 heterocycles. The van der Waals surface area contributed by atoms with Crippen molar-refractivity contribution in [2.45, 2.75) is 32.1 Å². The number of hydrogen-bond acceptors (Lipinski definition) is 2. The predicted octanol–water partition coefficient (Wildman–Crippen LogP) is 2.59. The van der Waals surface area contributed by atoms with Crippen molar-refractivity contribution >= 4 is 12.0 Å². The van der Waals surface area contributed by atoms with Gasteiger partial charge in [0.25, 0.3) is 0 Å². The van der Waals surface area contributed by atoms with Crippen LogP contribution in [0, 0.1) is 5.92 Å². The monoisotopic (exact) mass is 229 g/mol. The van der Waals surface area contributed by atoms with Crippen molar-refractivity contribution in [1.29, 1.82) is 0 Å². The Labute approximate surface area is 103 Å². The lowest BCUT2D eigenvalue weighted by Crippen LogP contribution is -2.31. The summed E-state index contributed by atoms with van der Waals surface area (Å²) in [6.45, 7) is 2.34. The van der Waals surface area contributed by atoms with E-state index < -0.39 is 0 Å². The molecule has 0 aromatic heterocycles. The molecule has 0 bridgehead atoms. The first-order valence-corrected chi connectivity index (χ1v) is 6.68. The van der Waals surface area contributed by atoms with Crippen molar-refractivity contribution in [3.8, 4) is 0 Å². The summed E-state index contributed by atoms with van der Waals surface area (Å²) in [5, 5.41) is 0. The molecule has 1 fully saturated rings. The predicted molar refractivity (Wildman–Crippen MR) is 69.5 cm³/mol. The highest BCUT2D eigenvalue weighted by atomic mass is 16.1. The molecule has 0 saturated heterocycles. The van der Waals surface area contributed by atoms with E-state index in [2.05, 4.69) is 23.1 Å². The zero-order valence-corrected chi connectivity index (χ0v) is 10.2. The summed E-state index contributed by atoms with van der Waals surface area (Å²) >= 11 is 0. The molecule has 2 aliphatic rings. The van der Waals surface area contributed by atoms with Crippen LogP contribution in [0.3, 0.4) is 0 Å². The van der Waals surface area contributed by atoms with E-state index in [9.17, 15) is 4.79 Å². The van der Waals surface area contributed by atoms with E-state index in [0.717, 1.165) is 25.2 Å². The van der Waals surface area contributed by atoms with Gasteiger partial charge in [0.2, 0.25) is 0 Å². The van der Waals surface area contributed by atoms with Gasteiger partial charge in [-0.3, -0.25) is 0 Å². The average molecular weight is 229 g/mol. The molecule has 1 aromatic carbocycles. The van der Waals surface area contributed by atoms with Crippen molar-refractivity contribution in [1.82, 2.24) is 0 Å². The van der Waals surface area contributed by atoms with Crippen molar-refractivity contribution in [3.05, 3.63) is 29.3 Å². The van der Waals surface area contributed by atoms with Gasteiger partial charge in [-0.1, -0.05) is 24.6 Å². The largest absolute Gasteiger partial charge is 0.370 e. The molecule has 0 atom stereocenters. The van der Waals surface area contributed by atoms with Crippen LogP contribution in [0.4, 0.5) is 5.69 Å². The Balaban J connectivity index is 1.84. The number of carbonyl (C=O) groups is 1. The zero-order valence-electron chi connectivity index (χ0n) is 10.2. The third-order valence-corrected chi connectivity index (χ3v) is 4.18. The maximum absolute atomic E-state index is 10.8. The molecule has 2 heteroatoms. The standard InChI is InChI=1S/C15H19NO/c17-10-8-14-6-2-5-13-7-9-16(15(13)14)11-12-3-1-4-12/h2,5-6,10,12H,1,3-4,7-9,11H2. The van der Waals surface area contributed by atoms with Crippen LogP contribution in [0.15, 0.2) is 18.2 Å². The second kappa shape index (κ2) is 4.52. The van der Waals surface area contributed by atoms with Crippen LogP contribution in [-0.4, -0.2) is 19.4 Å². The summed E-state index contributed by atoms with van der Waals surface area (Å²) in [6, 6.07) is 6.40. The number of para-hydroxylation sites is 1. The fraction of sp³-hybridized carbons (Fsp3) is 0.533. The van der Waals surface area contributed by atoms with Crippen molar-refractivity contribution in [2.75, 3.05) is 18.0 Å². The number of rotatable bonds is 4. The first kappa shape index (κ1) is 10.8. The lowest BCUT2D eigenvalue weighted by Gasteiger charge is -2.32. The minimum absolute atomic E-state index is 0.560. The zero-order chi connectivity index (χ0) is 11.7. The lowest BCUT2D eigenvalue weighted by molar-refractivity contribution is -0.107. The molecule has 0 N–H and O–H groups in total. The number of hydrogen-bond donors (Lipinski definition) is 0. The number of nitrogens with zero attached hydrogens (tertiary/aromatic N) is 1. The van der Waals surface area contributed by atoms with E-state index in [0.29, 0.717) is 6.42 Å². The molecule has 2 nitrogen and oxygen atoms in total. The molecule has 3 rings (SSSR count). The Morgan fingerprint density at radius 3 is 2.94 bits per heavy atom. The molecule has 0 unspecified atom stereocenters. The molecule has 17 heavy (non-hydrogen) atoms. The van der Waals surface area contributed by atoms with Crippen LogP contribution in [0.2, 0.25) is 0 Å². The Bertz CT molecular complexity index is 423. The summed E-state index contributed by atoms with van der Waals surface area (Å²) in [4.78, 5) is 13.3. The van der Waals surface area contributed by atoms with Gasteiger partial charge in [0, 0.05) is 25.2 Å². The molecule has 1 aliphatic carbocycles. The fourth-order valence-electron chi connectivity index (χ4n) is 3.04. The van der Waals surface area contributed by atoms with Gasteiger partial charge in [-0.15, -0.1) is 0 Å². The SMILES string of the molecule is O=CCc1cccc2c1N(CC1CCC1)CC2. The van der Waals surface area contributed by atoms with Gasteiger partial charge >= 0.3 is 0 Å². The van der Waals surface area contributed by atoms with E-state index in [4.69, 9.17) is 0 Å². The molecule has 90 valence electrons. The van der Waals surface area contributed by atoms with Gasteiger partial charge < -0.3 is 9.69 Å². The van der Waals surface area contributed by atoms with Gasteiger partial charge in [-0.25, -0.2) is 0 Å². The van der Waals surface area contributed by atoms with E-state index in [1.165, 1.54) is 42.6 Å². The highest BCUT2D eigenvalue weighted by Gasteiger charge is 2.26. The molecular formula is C15H19NO. The summed E-state index contributed by atoms with van der Waals surface area (Å²) in [6.07, 6.45) is 6.92. The quantitative estimate of drug-likeness (QED) is 0.740.